The molecule has 384 valence electrons. The molecule has 10 rings (SSSR count). The third-order valence-electron chi connectivity index (χ3n) is 13.5. The first-order chi connectivity index (χ1) is 36.7. The Hall–Kier alpha value is -5.86. The van der Waals surface area contributed by atoms with Gasteiger partial charge < -0.3 is 32.9 Å². The second kappa shape index (κ2) is 23.0. The molecule has 2 saturated heterocycles. The summed E-state index contributed by atoms with van der Waals surface area (Å²) >= 11 is 0. The van der Waals surface area contributed by atoms with Crippen molar-refractivity contribution in [2.75, 3.05) is 0 Å². The van der Waals surface area contributed by atoms with E-state index in [-0.39, 0.29) is 0 Å². The van der Waals surface area contributed by atoms with Gasteiger partial charge in [-0.15, -0.1) is 26.3 Å². The van der Waals surface area contributed by atoms with Crippen molar-refractivity contribution in [2.45, 2.75) is 26.2 Å². The van der Waals surface area contributed by atoms with Gasteiger partial charge in [0.1, 0.15) is 0 Å². The predicted octanol–water partition coefficient (Wildman–Crippen LogP) is 8.35. The SMILES string of the molecule is C=C[Si]1(C)O[Si](C)(C=C)O[Si](C)(C=C)O[Si](C)(C=C)O1.c1ccc([Si]2(c3ccccc3)O[Si](c3ccccc3)(c3ccccc3)O[Si](c3ccccc3)(c3ccccc3)O[Si](c3ccccc3)(c3ccccc3)O2)cc1. The van der Waals surface area contributed by atoms with Crippen molar-refractivity contribution in [3.63, 3.8) is 0 Å². The normalized spacial score (nSPS) is 24.5. The Labute approximate surface area is 457 Å². The van der Waals surface area contributed by atoms with E-state index in [1.165, 1.54) is 0 Å². The molecule has 2 fully saturated rings. The summed E-state index contributed by atoms with van der Waals surface area (Å²) in [5.41, 5.74) is 7.01. The Kier molecular flexibility index (Phi) is 16.6. The van der Waals surface area contributed by atoms with E-state index < -0.39 is 68.5 Å². The van der Waals surface area contributed by atoms with E-state index >= 15 is 0 Å². The molecule has 0 aromatic heterocycles. The van der Waals surface area contributed by atoms with Gasteiger partial charge in [0.2, 0.25) is 0 Å². The Balaban J connectivity index is 0.000000299. The van der Waals surface area contributed by atoms with Crippen molar-refractivity contribution in [2.24, 2.45) is 0 Å². The third kappa shape index (κ3) is 11.1. The van der Waals surface area contributed by atoms with E-state index in [4.69, 9.17) is 32.9 Å². The molecule has 0 aliphatic carbocycles. The van der Waals surface area contributed by atoms with Gasteiger partial charge in [-0.1, -0.05) is 265 Å². The molecule has 0 bridgehead atoms. The maximum atomic E-state index is 8.43. The van der Waals surface area contributed by atoms with Crippen molar-refractivity contribution in [1.29, 1.82) is 0 Å². The van der Waals surface area contributed by atoms with Gasteiger partial charge >= 0.3 is 68.5 Å². The van der Waals surface area contributed by atoms with Crippen molar-refractivity contribution in [1.82, 2.24) is 0 Å². The molecular formula is C60H64O8Si8. The van der Waals surface area contributed by atoms with E-state index in [1.54, 1.807) is 22.8 Å². The van der Waals surface area contributed by atoms with Crippen molar-refractivity contribution >= 4 is 110 Å². The van der Waals surface area contributed by atoms with Gasteiger partial charge in [-0.25, -0.2) is 0 Å². The highest BCUT2D eigenvalue weighted by Crippen LogP contribution is 2.34. The van der Waals surface area contributed by atoms with Gasteiger partial charge in [0.15, 0.2) is 0 Å². The smallest absolute Gasteiger partial charge is 0.390 e. The number of hydrogen-bond donors (Lipinski definition) is 0. The minimum Gasteiger partial charge on any atom is -0.410 e. The maximum absolute atomic E-state index is 8.43. The summed E-state index contributed by atoms with van der Waals surface area (Å²) in [6.07, 6.45) is 0. The van der Waals surface area contributed by atoms with Crippen LogP contribution in [0.2, 0.25) is 26.2 Å². The zero-order valence-corrected chi connectivity index (χ0v) is 51.5. The second-order valence-corrected chi connectivity index (χ2v) is 44.9. The van der Waals surface area contributed by atoms with Gasteiger partial charge in [0.05, 0.1) is 0 Å². The summed E-state index contributed by atoms with van der Waals surface area (Å²) in [4.78, 5) is 0. The highest BCUT2D eigenvalue weighted by Gasteiger charge is 2.68. The van der Waals surface area contributed by atoms with Crippen LogP contribution in [0.1, 0.15) is 0 Å². The lowest BCUT2D eigenvalue weighted by Crippen LogP contribution is -2.88. The van der Waals surface area contributed by atoms with Crippen LogP contribution >= 0.6 is 0 Å². The molecule has 0 N–H and O–H groups in total. The van der Waals surface area contributed by atoms with Crippen LogP contribution in [-0.2, 0) is 32.9 Å². The van der Waals surface area contributed by atoms with Crippen molar-refractivity contribution in [3.05, 3.63) is 292 Å². The number of benzene rings is 8. The summed E-state index contributed by atoms with van der Waals surface area (Å²) in [6.45, 7) is 23.2. The summed E-state index contributed by atoms with van der Waals surface area (Å²) in [7, 11) is -25.9. The lowest BCUT2D eigenvalue weighted by Gasteiger charge is -2.53. The molecule has 8 aromatic rings. The lowest BCUT2D eigenvalue weighted by molar-refractivity contribution is 0.250. The maximum Gasteiger partial charge on any atom is 0.390 e. The van der Waals surface area contributed by atoms with Gasteiger partial charge in [-0.2, -0.15) is 0 Å². The molecule has 0 atom stereocenters. The molecule has 0 spiro atoms. The van der Waals surface area contributed by atoms with Gasteiger partial charge in [0, 0.05) is 0 Å². The Morgan fingerprint density at radius 1 is 0.211 bits per heavy atom. The standard InChI is InChI=1S/C48H40O4Si4.C12H24O4Si4/c1-9-25-41(26-10-1)53(42-27-11-2-12-28-42)49-54(43-29-13-3-14-30-43,44-31-15-4-16-32-44)51-56(47-37-21-7-22-38-47,48-39-23-8-24-40-48)52-55(50-53,45-33-17-5-18-34-45)46-35-19-6-20-36-46;1-9-17(5)13-18(6,10-2)15-20(8,12-4)16-19(7,11-3)14-17/h1-40H;9-12H,1-4H2,5-8H3. The highest BCUT2D eigenvalue weighted by molar-refractivity contribution is 7.16. The van der Waals surface area contributed by atoms with E-state index in [0.717, 1.165) is 41.5 Å². The van der Waals surface area contributed by atoms with Crippen LogP contribution in [0, 0.1) is 0 Å². The monoisotopic (exact) mass is 1140 g/mol. The Morgan fingerprint density at radius 2 is 0.329 bits per heavy atom. The highest BCUT2D eigenvalue weighted by atomic mass is 28.5. The first-order valence-corrected chi connectivity index (χ1v) is 42.2. The van der Waals surface area contributed by atoms with E-state index in [1.807, 2.05) is 74.7 Å². The third-order valence-corrected chi connectivity index (χ3v) is 47.4. The average Bonchev–Trinajstić information content (AvgIpc) is 3.50. The zero-order valence-electron chi connectivity index (χ0n) is 43.5. The molecule has 0 radical (unpaired) electrons. The van der Waals surface area contributed by atoms with Crippen LogP contribution in [0.15, 0.2) is 292 Å². The van der Waals surface area contributed by atoms with Gasteiger partial charge in [-0.3, -0.25) is 0 Å². The molecule has 76 heavy (non-hydrogen) atoms. The first-order valence-electron chi connectivity index (χ1n) is 25.3. The topological polar surface area (TPSA) is 73.8 Å². The molecule has 2 heterocycles. The van der Waals surface area contributed by atoms with Crippen molar-refractivity contribution in [3.8, 4) is 0 Å². The van der Waals surface area contributed by atoms with Crippen LogP contribution in [-0.4, -0.2) is 68.5 Å². The zero-order chi connectivity index (χ0) is 53.4. The van der Waals surface area contributed by atoms with Gasteiger partial charge in [-0.05, 0) is 67.7 Å². The Morgan fingerprint density at radius 3 is 0.434 bits per heavy atom. The molecule has 8 aromatic carbocycles. The van der Waals surface area contributed by atoms with E-state index in [9.17, 15) is 0 Å². The quantitative estimate of drug-likeness (QED) is 0.113. The van der Waals surface area contributed by atoms with Crippen LogP contribution < -0.4 is 41.5 Å². The fraction of sp³-hybridized carbons (Fsp3) is 0.0667. The van der Waals surface area contributed by atoms with Crippen LogP contribution in [0.3, 0.4) is 0 Å². The van der Waals surface area contributed by atoms with Crippen LogP contribution in [0.25, 0.3) is 0 Å². The van der Waals surface area contributed by atoms with Crippen LogP contribution in [0.4, 0.5) is 0 Å². The summed E-state index contributed by atoms with van der Waals surface area (Å²) in [5.74, 6) is 0. The van der Waals surface area contributed by atoms with E-state index in [2.05, 4.69) is 220 Å². The molecule has 2 aliphatic heterocycles. The average molecular weight is 1140 g/mol. The molecule has 0 amide bonds. The fourth-order valence-electron chi connectivity index (χ4n) is 9.79. The van der Waals surface area contributed by atoms with Gasteiger partial charge in [0.25, 0.3) is 0 Å². The fourth-order valence-corrected chi connectivity index (χ4v) is 50.1. The second-order valence-electron chi connectivity index (χ2n) is 19.1. The minimum atomic E-state index is -3.89. The summed E-state index contributed by atoms with van der Waals surface area (Å²) in [5, 5.41) is 7.77. The number of hydrogen-bond acceptors (Lipinski definition) is 8. The first kappa shape index (κ1) is 54.9. The van der Waals surface area contributed by atoms with E-state index in [0.29, 0.717) is 0 Å². The number of rotatable bonds is 12. The molecule has 16 heteroatoms. The largest absolute Gasteiger partial charge is 0.410 e. The lowest BCUT2D eigenvalue weighted by atomic mass is 10.4. The minimum absolute atomic E-state index is 0.972. The van der Waals surface area contributed by atoms with Crippen LogP contribution in [0.5, 0.6) is 0 Å². The Bertz CT molecular complexity index is 2590. The molecule has 0 unspecified atom stereocenters. The molecule has 0 saturated carbocycles. The summed E-state index contributed by atoms with van der Waals surface area (Å²) < 4.78 is 58.7. The predicted molar refractivity (Wildman–Crippen MR) is 328 cm³/mol. The molecule has 8 nitrogen and oxygen atoms in total. The molecular weight excluding hydrogens is 1070 g/mol. The molecule has 2 aliphatic rings. The summed E-state index contributed by atoms with van der Waals surface area (Å²) in [6, 6.07) is 84.2. The van der Waals surface area contributed by atoms with Crippen molar-refractivity contribution < 1.29 is 32.9 Å².